The zero-order valence-corrected chi connectivity index (χ0v) is 12.6. The fourth-order valence-electron chi connectivity index (χ4n) is 2.26. The molecule has 0 aromatic heterocycles. The second-order valence-electron chi connectivity index (χ2n) is 5.12. The molecule has 0 aliphatic rings. The van der Waals surface area contributed by atoms with E-state index >= 15 is 0 Å². The molecule has 21 heavy (non-hydrogen) atoms. The Bertz CT molecular complexity index is 583. The van der Waals surface area contributed by atoms with Crippen LogP contribution in [0.15, 0.2) is 36.4 Å². The van der Waals surface area contributed by atoms with Gasteiger partial charge in [-0.3, -0.25) is 0 Å². The molecule has 4 heteroatoms. The van der Waals surface area contributed by atoms with Crippen molar-refractivity contribution in [1.29, 1.82) is 0 Å². The summed E-state index contributed by atoms with van der Waals surface area (Å²) in [4.78, 5) is 0. The second-order valence-corrected chi connectivity index (χ2v) is 5.12. The molecule has 0 amide bonds. The lowest BCUT2D eigenvalue weighted by Gasteiger charge is -2.18. The van der Waals surface area contributed by atoms with Crippen LogP contribution in [0.4, 0.5) is 0 Å². The van der Waals surface area contributed by atoms with Crippen LogP contribution in [0.1, 0.15) is 25.5 Å². The number of rotatable bonds is 7. The summed E-state index contributed by atoms with van der Waals surface area (Å²) in [5, 5.41) is 12.0. The molecule has 2 rings (SSSR count). The van der Waals surface area contributed by atoms with Gasteiger partial charge in [-0.2, -0.15) is 0 Å². The van der Waals surface area contributed by atoms with E-state index < -0.39 is 6.10 Å². The summed E-state index contributed by atoms with van der Waals surface area (Å²) >= 11 is 0. The van der Waals surface area contributed by atoms with Crippen molar-refractivity contribution in [2.45, 2.75) is 26.0 Å². The number of aliphatic hydroxyl groups is 1. The molecular formula is C17H23NO3. The number of aliphatic hydroxyl groups excluding tert-OH is 1. The highest BCUT2D eigenvalue weighted by molar-refractivity contribution is 5.89. The Morgan fingerprint density at radius 1 is 1.14 bits per heavy atom. The van der Waals surface area contributed by atoms with E-state index in [0.29, 0.717) is 6.61 Å². The van der Waals surface area contributed by atoms with E-state index in [0.717, 1.165) is 22.1 Å². The van der Waals surface area contributed by atoms with E-state index in [2.05, 4.69) is 0 Å². The summed E-state index contributed by atoms with van der Waals surface area (Å²) in [6, 6.07) is 11.9. The first kappa shape index (κ1) is 15.8. The van der Waals surface area contributed by atoms with Crippen molar-refractivity contribution in [3.63, 3.8) is 0 Å². The van der Waals surface area contributed by atoms with Gasteiger partial charge in [0.05, 0.1) is 6.61 Å². The van der Waals surface area contributed by atoms with E-state index in [-0.39, 0.29) is 19.3 Å². The van der Waals surface area contributed by atoms with Gasteiger partial charge in [0.15, 0.2) is 0 Å². The molecule has 0 heterocycles. The van der Waals surface area contributed by atoms with E-state index in [1.165, 1.54) is 0 Å². The van der Waals surface area contributed by atoms with Gasteiger partial charge in [0, 0.05) is 23.6 Å². The highest BCUT2D eigenvalue weighted by atomic mass is 16.5. The summed E-state index contributed by atoms with van der Waals surface area (Å²) in [5.41, 5.74) is 6.97. The van der Waals surface area contributed by atoms with Crippen LogP contribution in [-0.2, 0) is 4.74 Å². The van der Waals surface area contributed by atoms with E-state index in [9.17, 15) is 5.11 Å². The number of hydrogen-bond donors (Lipinski definition) is 2. The Labute approximate surface area is 125 Å². The van der Waals surface area contributed by atoms with Crippen LogP contribution in [0.2, 0.25) is 0 Å². The first-order chi connectivity index (χ1) is 10.1. The zero-order valence-electron chi connectivity index (χ0n) is 12.6. The Balaban J connectivity index is 2.25. The Kier molecular flexibility index (Phi) is 5.56. The SMILES string of the molecule is CCOCC(O)COc1c([C@H](C)N)ccc2ccccc12. The monoisotopic (exact) mass is 289 g/mol. The van der Waals surface area contributed by atoms with Crippen LogP contribution in [0.25, 0.3) is 10.8 Å². The second kappa shape index (κ2) is 7.41. The van der Waals surface area contributed by atoms with Gasteiger partial charge in [-0.1, -0.05) is 36.4 Å². The van der Waals surface area contributed by atoms with Crippen LogP contribution in [0.5, 0.6) is 5.75 Å². The largest absolute Gasteiger partial charge is 0.490 e. The molecule has 0 radical (unpaired) electrons. The fourth-order valence-corrected chi connectivity index (χ4v) is 2.26. The molecule has 0 aliphatic heterocycles. The predicted octanol–water partition coefficient (Wildman–Crippen LogP) is 2.64. The summed E-state index contributed by atoms with van der Waals surface area (Å²) in [6.07, 6.45) is -0.648. The van der Waals surface area contributed by atoms with Crippen LogP contribution in [-0.4, -0.2) is 31.0 Å². The molecule has 0 fully saturated rings. The highest BCUT2D eigenvalue weighted by Crippen LogP contribution is 2.33. The van der Waals surface area contributed by atoms with Crippen molar-refractivity contribution >= 4 is 10.8 Å². The Morgan fingerprint density at radius 2 is 1.90 bits per heavy atom. The molecule has 1 unspecified atom stereocenters. The number of ether oxygens (including phenoxy) is 2. The maximum atomic E-state index is 9.86. The molecule has 2 aromatic carbocycles. The standard InChI is InChI=1S/C17H23NO3/c1-3-20-10-14(19)11-21-17-15(12(2)18)9-8-13-6-4-5-7-16(13)17/h4-9,12,14,19H,3,10-11,18H2,1-2H3/t12-,14?/m0/s1. The summed E-state index contributed by atoms with van der Waals surface area (Å²) in [5.74, 6) is 0.749. The molecule has 0 saturated carbocycles. The van der Waals surface area contributed by atoms with Crippen molar-refractivity contribution < 1.29 is 14.6 Å². The minimum atomic E-state index is -0.648. The molecule has 0 bridgehead atoms. The van der Waals surface area contributed by atoms with Crippen molar-refractivity contribution in [2.75, 3.05) is 19.8 Å². The van der Waals surface area contributed by atoms with Gasteiger partial charge in [-0.05, 0) is 19.2 Å². The molecule has 0 saturated heterocycles. The summed E-state index contributed by atoms with van der Waals surface area (Å²) in [7, 11) is 0. The van der Waals surface area contributed by atoms with Crippen LogP contribution >= 0.6 is 0 Å². The number of fused-ring (bicyclic) bond motifs is 1. The summed E-state index contributed by atoms with van der Waals surface area (Å²) < 4.78 is 11.1. The smallest absolute Gasteiger partial charge is 0.132 e. The number of benzene rings is 2. The normalized spacial score (nSPS) is 14.1. The van der Waals surface area contributed by atoms with Crippen LogP contribution in [0.3, 0.4) is 0 Å². The first-order valence-corrected chi connectivity index (χ1v) is 7.29. The molecule has 0 spiro atoms. The molecule has 2 atom stereocenters. The highest BCUT2D eigenvalue weighted by Gasteiger charge is 2.14. The average molecular weight is 289 g/mol. The number of nitrogens with two attached hydrogens (primary N) is 1. The maximum absolute atomic E-state index is 9.86. The quantitative estimate of drug-likeness (QED) is 0.822. The van der Waals surface area contributed by atoms with Gasteiger partial charge in [0.25, 0.3) is 0 Å². The molecular weight excluding hydrogens is 266 g/mol. The molecule has 2 aromatic rings. The third kappa shape index (κ3) is 3.94. The van der Waals surface area contributed by atoms with Gasteiger partial charge in [-0.15, -0.1) is 0 Å². The lowest BCUT2D eigenvalue weighted by Crippen LogP contribution is -2.24. The van der Waals surface area contributed by atoms with Crippen molar-refractivity contribution in [1.82, 2.24) is 0 Å². The Morgan fingerprint density at radius 3 is 2.62 bits per heavy atom. The predicted molar refractivity (Wildman–Crippen MR) is 84.5 cm³/mol. The van der Waals surface area contributed by atoms with E-state index in [1.54, 1.807) is 0 Å². The lowest BCUT2D eigenvalue weighted by atomic mass is 10.0. The molecule has 3 N–H and O–H groups in total. The average Bonchev–Trinajstić information content (AvgIpc) is 2.50. The van der Waals surface area contributed by atoms with E-state index in [4.69, 9.17) is 15.2 Å². The van der Waals surface area contributed by atoms with Gasteiger partial charge < -0.3 is 20.3 Å². The van der Waals surface area contributed by atoms with Gasteiger partial charge in [0.1, 0.15) is 18.5 Å². The lowest BCUT2D eigenvalue weighted by molar-refractivity contribution is 0.0165. The van der Waals surface area contributed by atoms with Gasteiger partial charge >= 0.3 is 0 Å². The molecule has 4 nitrogen and oxygen atoms in total. The van der Waals surface area contributed by atoms with Gasteiger partial charge in [-0.25, -0.2) is 0 Å². The van der Waals surface area contributed by atoms with Crippen LogP contribution in [0, 0.1) is 0 Å². The van der Waals surface area contributed by atoms with Gasteiger partial charge in [0.2, 0.25) is 0 Å². The molecule has 0 aliphatic carbocycles. The fraction of sp³-hybridized carbons (Fsp3) is 0.412. The van der Waals surface area contributed by atoms with Crippen molar-refractivity contribution in [3.05, 3.63) is 42.0 Å². The zero-order chi connectivity index (χ0) is 15.2. The number of hydrogen-bond acceptors (Lipinski definition) is 4. The molecule has 114 valence electrons. The third-order valence-electron chi connectivity index (χ3n) is 3.34. The van der Waals surface area contributed by atoms with Crippen molar-refractivity contribution in [3.8, 4) is 5.75 Å². The third-order valence-corrected chi connectivity index (χ3v) is 3.34. The van der Waals surface area contributed by atoms with E-state index in [1.807, 2.05) is 50.2 Å². The van der Waals surface area contributed by atoms with Crippen molar-refractivity contribution in [2.24, 2.45) is 5.73 Å². The summed E-state index contributed by atoms with van der Waals surface area (Å²) in [6.45, 7) is 4.86. The van der Waals surface area contributed by atoms with Crippen LogP contribution < -0.4 is 10.5 Å². The Hall–Kier alpha value is -1.62. The first-order valence-electron chi connectivity index (χ1n) is 7.29. The topological polar surface area (TPSA) is 64.7 Å². The minimum Gasteiger partial charge on any atom is -0.490 e. The minimum absolute atomic E-state index is 0.131. The maximum Gasteiger partial charge on any atom is 0.132 e.